The SMILES string of the molecule is COC1[C@H](OCc2ccccc2)[C@@H](OCc2ccccc2)C(OCc2ccccc2)[C@H](OCc2ccccc2)[C@H]1OCc1ccccc1. The van der Waals surface area contributed by atoms with E-state index in [0.717, 1.165) is 27.8 Å². The summed E-state index contributed by atoms with van der Waals surface area (Å²) in [5.41, 5.74) is 5.28. The molecule has 0 saturated heterocycles. The van der Waals surface area contributed by atoms with Crippen LogP contribution in [0.15, 0.2) is 152 Å². The molecule has 0 bridgehead atoms. The van der Waals surface area contributed by atoms with Crippen LogP contribution in [0.2, 0.25) is 0 Å². The van der Waals surface area contributed by atoms with E-state index in [1.54, 1.807) is 7.11 Å². The van der Waals surface area contributed by atoms with E-state index in [1.807, 2.05) is 91.0 Å². The van der Waals surface area contributed by atoms with Crippen molar-refractivity contribution in [2.75, 3.05) is 7.11 Å². The second kappa shape index (κ2) is 17.9. The van der Waals surface area contributed by atoms with Crippen molar-refractivity contribution in [3.05, 3.63) is 179 Å². The van der Waals surface area contributed by atoms with Crippen molar-refractivity contribution in [1.29, 1.82) is 0 Å². The molecule has 5 aromatic rings. The normalized spacial score (nSPS) is 22.4. The summed E-state index contributed by atoms with van der Waals surface area (Å²) in [6.45, 7) is 1.88. The highest BCUT2D eigenvalue weighted by Gasteiger charge is 2.54. The van der Waals surface area contributed by atoms with Gasteiger partial charge in [-0.3, -0.25) is 0 Å². The Morgan fingerprint density at radius 1 is 0.292 bits per heavy atom. The van der Waals surface area contributed by atoms with Gasteiger partial charge in [0.2, 0.25) is 0 Å². The summed E-state index contributed by atoms with van der Waals surface area (Å²) in [6, 6.07) is 50.8. The Morgan fingerprint density at radius 3 is 0.667 bits per heavy atom. The molecule has 1 aliphatic rings. The first kappa shape index (κ1) is 33.7. The fourth-order valence-electron chi connectivity index (χ4n) is 6.17. The second-order valence-corrected chi connectivity index (χ2v) is 12.0. The monoisotopic (exact) mass is 644 g/mol. The maximum absolute atomic E-state index is 6.86. The Bertz CT molecular complexity index is 1490. The lowest BCUT2D eigenvalue weighted by Crippen LogP contribution is -2.67. The Kier molecular flexibility index (Phi) is 12.6. The largest absolute Gasteiger partial charge is 0.376 e. The zero-order valence-electron chi connectivity index (χ0n) is 27.4. The van der Waals surface area contributed by atoms with Gasteiger partial charge < -0.3 is 28.4 Å². The Morgan fingerprint density at radius 2 is 0.479 bits per heavy atom. The van der Waals surface area contributed by atoms with Gasteiger partial charge in [-0.1, -0.05) is 152 Å². The van der Waals surface area contributed by atoms with Gasteiger partial charge in [0.25, 0.3) is 0 Å². The Hall–Kier alpha value is -4.14. The minimum Gasteiger partial charge on any atom is -0.376 e. The fourth-order valence-corrected chi connectivity index (χ4v) is 6.17. The molecule has 1 fully saturated rings. The standard InChI is InChI=1S/C42H44O6/c1-43-37-38(44-27-32-17-7-2-8-18-32)40(46-29-34-21-11-4-12-22-34)42(48-31-36-25-15-6-16-26-36)41(47-30-35-23-13-5-14-24-35)39(37)45-28-33-19-9-3-10-20-33/h2-26,37-42H,27-31H2,1H3/t37?,38-,39-,40+,41+,42?/m0/s1. The maximum atomic E-state index is 6.86. The van der Waals surface area contributed by atoms with Gasteiger partial charge in [-0.15, -0.1) is 0 Å². The third-order valence-corrected chi connectivity index (χ3v) is 8.64. The van der Waals surface area contributed by atoms with Crippen LogP contribution in [-0.4, -0.2) is 43.7 Å². The number of benzene rings is 5. The van der Waals surface area contributed by atoms with Crippen LogP contribution < -0.4 is 0 Å². The van der Waals surface area contributed by atoms with Gasteiger partial charge in [-0.05, 0) is 27.8 Å². The third kappa shape index (κ3) is 9.26. The molecule has 6 heteroatoms. The molecule has 6 rings (SSSR count). The number of hydrogen-bond donors (Lipinski definition) is 0. The average molecular weight is 645 g/mol. The summed E-state index contributed by atoms with van der Waals surface area (Å²) in [5, 5.41) is 0. The van der Waals surface area contributed by atoms with Crippen molar-refractivity contribution in [2.45, 2.75) is 69.7 Å². The van der Waals surface area contributed by atoms with Gasteiger partial charge in [0, 0.05) is 7.11 Å². The topological polar surface area (TPSA) is 55.4 Å². The van der Waals surface area contributed by atoms with E-state index < -0.39 is 36.6 Å². The lowest BCUT2D eigenvalue weighted by molar-refractivity contribution is -0.287. The van der Waals surface area contributed by atoms with Gasteiger partial charge in [-0.2, -0.15) is 0 Å². The Labute approximate surface area is 284 Å². The van der Waals surface area contributed by atoms with E-state index in [9.17, 15) is 0 Å². The lowest BCUT2D eigenvalue weighted by Gasteiger charge is -2.49. The molecular formula is C42H44O6. The second-order valence-electron chi connectivity index (χ2n) is 12.0. The van der Waals surface area contributed by atoms with E-state index >= 15 is 0 Å². The van der Waals surface area contributed by atoms with Crippen molar-refractivity contribution < 1.29 is 28.4 Å². The molecule has 1 aliphatic carbocycles. The summed E-state index contributed by atoms with van der Waals surface area (Å²) in [4.78, 5) is 0. The predicted molar refractivity (Wildman–Crippen MR) is 186 cm³/mol. The zero-order chi connectivity index (χ0) is 32.8. The Balaban J connectivity index is 1.37. The van der Waals surface area contributed by atoms with Crippen LogP contribution in [0, 0.1) is 0 Å². The molecule has 4 atom stereocenters. The van der Waals surface area contributed by atoms with Crippen LogP contribution in [0.3, 0.4) is 0 Å². The van der Waals surface area contributed by atoms with Gasteiger partial charge >= 0.3 is 0 Å². The summed E-state index contributed by atoms with van der Waals surface area (Å²) < 4.78 is 40.4. The van der Waals surface area contributed by atoms with Crippen LogP contribution in [-0.2, 0) is 61.5 Å². The van der Waals surface area contributed by atoms with E-state index in [1.165, 1.54) is 0 Å². The number of methoxy groups -OCH3 is 1. The molecular weight excluding hydrogens is 600 g/mol. The van der Waals surface area contributed by atoms with Crippen LogP contribution >= 0.6 is 0 Å². The molecule has 0 N–H and O–H groups in total. The van der Waals surface area contributed by atoms with E-state index in [4.69, 9.17) is 28.4 Å². The minimum atomic E-state index is -0.550. The van der Waals surface area contributed by atoms with Crippen molar-refractivity contribution in [1.82, 2.24) is 0 Å². The van der Waals surface area contributed by atoms with Crippen LogP contribution in [0.5, 0.6) is 0 Å². The third-order valence-electron chi connectivity index (χ3n) is 8.64. The minimum absolute atomic E-state index is 0.371. The van der Waals surface area contributed by atoms with Gasteiger partial charge in [0.05, 0.1) is 33.0 Å². The van der Waals surface area contributed by atoms with Crippen LogP contribution in [0.25, 0.3) is 0 Å². The molecule has 0 amide bonds. The highest BCUT2D eigenvalue weighted by Crippen LogP contribution is 2.36. The van der Waals surface area contributed by atoms with Crippen molar-refractivity contribution in [3.63, 3.8) is 0 Å². The highest BCUT2D eigenvalue weighted by atomic mass is 16.6. The molecule has 0 aliphatic heterocycles. The lowest BCUT2D eigenvalue weighted by atomic mass is 9.83. The van der Waals surface area contributed by atoms with Crippen LogP contribution in [0.4, 0.5) is 0 Å². The van der Waals surface area contributed by atoms with E-state index in [-0.39, 0.29) is 0 Å². The van der Waals surface area contributed by atoms with Crippen LogP contribution in [0.1, 0.15) is 27.8 Å². The molecule has 0 spiro atoms. The highest BCUT2D eigenvalue weighted by molar-refractivity contribution is 5.18. The molecule has 5 aromatic carbocycles. The molecule has 0 aromatic heterocycles. The molecule has 48 heavy (non-hydrogen) atoms. The molecule has 0 radical (unpaired) electrons. The van der Waals surface area contributed by atoms with Gasteiger partial charge in [0.1, 0.15) is 36.6 Å². The number of rotatable bonds is 16. The predicted octanol–water partition coefficient (Wildman–Crippen LogP) is 7.94. The zero-order valence-corrected chi connectivity index (χ0v) is 27.4. The van der Waals surface area contributed by atoms with E-state index in [0.29, 0.717) is 33.0 Å². The van der Waals surface area contributed by atoms with Gasteiger partial charge in [0.15, 0.2) is 0 Å². The van der Waals surface area contributed by atoms with Gasteiger partial charge in [-0.25, -0.2) is 0 Å². The summed E-state index contributed by atoms with van der Waals surface area (Å²) in [7, 11) is 1.70. The molecule has 0 heterocycles. The molecule has 1 saturated carbocycles. The average Bonchev–Trinajstić information content (AvgIpc) is 3.16. The summed E-state index contributed by atoms with van der Waals surface area (Å²) in [5.74, 6) is 0. The molecule has 0 unspecified atom stereocenters. The fraction of sp³-hybridized carbons (Fsp3) is 0.286. The first-order valence-corrected chi connectivity index (χ1v) is 16.6. The van der Waals surface area contributed by atoms with Crippen molar-refractivity contribution in [2.24, 2.45) is 0 Å². The summed E-state index contributed by atoms with van der Waals surface area (Å²) in [6.07, 6.45) is -3.21. The summed E-state index contributed by atoms with van der Waals surface area (Å²) >= 11 is 0. The molecule has 248 valence electrons. The van der Waals surface area contributed by atoms with Crippen molar-refractivity contribution in [3.8, 4) is 0 Å². The number of ether oxygens (including phenoxy) is 6. The van der Waals surface area contributed by atoms with Crippen molar-refractivity contribution >= 4 is 0 Å². The quantitative estimate of drug-likeness (QED) is 0.109. The first-order valence-electron chi connectivity index (χ1n) is 16.6. The first-order chi connectivity index (χ1) is 23.8. The number of hydrogen-bond acceptors (Lipinski definition) is 6. The van der Waals surface area contributed by atoms with E-state index in [2.05, 4.69) is 60.7 Å². The molecule has 6 nitrogen and oxygen atoms in total. The smallest absolute Gasteiger partial charge is 0.116 e. The maximum Gasteiger partial charge on any atom is 0.116 e.